The highest BCUT2D eigenvalue weighted by molar-refractivity contribution is 9.10. The summed E-state index contributed by atoms with van der Waals surface area (Å²) in [6.45, 7) is 3.62. The summed E-state index contributed by atoms with van der Waals surface area (Å²) < 4.78 is 7.96. The number of anilines is 1. The molecule has 0 fully saturated rings. The molecule has 0 unspecified atom stereocenters. The van der Waals surface area contributed by atoms with E-state index < -0.39 is 5.97 Å². The first-order chi connectivity index (χ1) is 17.9. The molecule has 2 heterocycles. The van der Waals surface area contributed by atoms with Gasteiger partial charge in [0.05, 0.1) is 12.2 Å². The van der Waals surface area contributed by atoms with E-state index in [1.165, 1.54) is 11.8 Å². The molecule has 0 atom stereocenters. The molecule has 0 bridgehead atoms. The van der Waals surface area contributed by atoms with Crippen molar-refractivity contribution in [2.45, 2.75) is 25.4 Å². The zero-order chi connectivity index (χ0) is 26.4. The summed E-state index contributed by atoms with van der Waals surface area (Å²) in [6.07, 6.45) is 0.176. The summed E-state index contributed by atoms with van der Waals surface area (Å²) in [5.41, 5.74) is 2.60. The molecule has 37 heavy (non-hydrogen) atoms. The topological polar surface area (TPSA) is 110 Å². The third kappa shape index (κ3) is 6.10. The molecule has 0 saturated carbocycles. The Hall–Kier alpha value is -3.46. The van der Waals surface area contributed by atoms with Gasteiger partial charge in [-0.2, -0.15) is 5.26 Å². The van der Waals surface area contributed by atoms with Crippen LogP contribution in [0.3, 0.4) is 0 Å². The van der Waals surface area contributed by atoms with Gasteiger partial charge in [0.2, 0.25) is 5.91 Å². The summed E-state index contributed by atoms with van der Waals surface area (Å²) in [5.74, 6) is 0.364. The van der Waals surface area contributed by atoms with Gasteiger partial charge in [0.1, 0.15) is 15.9 Å². The average molecular weight is 597 g/mol. The minimum atomic E-state index is -0.501. The van der Waals surface area contributed by atoms with E-state index in [4.69, 9.17) is 4.74 Å². The third-order valence-electron chi connectivity index (χ3n) is 5.26. The number of hydrogen-bond acceptors (Lipinski definition) is 8. The van der Waals surface area contributed by atoms with Gasteiger partial charge in [-0.1, -0.05) is 58.0 Å². The molecule has 0 aliphatic carbocycles. The zero-order valence-corrected chi connectivity index (χ0v) is 23.2. The lowest BCUT2D eigenvalue weighted by atomic mass is 10.2. The van der Waals surface area contributed by atoms with Crippen molar-refractivity contribution in [2.75, 3.05) is 17.7 Å². The molecule has 0 aliphatic rings. The first-order valence-corrected chi connectivity index (χ1v) is 13.9. The number of nitrogens with zero attached hydrogens (tertiary/aromatic N) is 4. The van der Waals surface area contributed by atoms with E-state index in [0.717, 1.165) is 27.1 Å². The molecule has 2 aromatic heterocycles. The lowest BCUT2D eigenvalue weighted by Crippen LogP contribution is -2.12. The second-order valence-corrected chi connectivity index (χ2v) is 10.7. The molecule has 11 heteroatoms. The van der Waals surface area contributed by atoms with Crippen LogP contribution in [0.4, 0.5) is 5.00 Å². The molecule has 0 saturated heterocycles. The minimum Gasteiger partial charge on any atom is -0.462 e. The van der Waals surface area contributed by atoms with Gasteiger partial charge in [0, 0.05) is 27.9 Å². The van der Waals surface area contributed by atoms with Crippen LogP contribution in [0, 0.1) is 18.3 Å². The molecule has 188 valence electrons. The van der Waals surface area contributed by atoms with Crippen LogP contribution in [-0.4, -0.2) is 39.0 Å². The lowest BCUT2D eigenvalue weighted by Gasteiger charge is -2.10. The fourth-order valence-corrected chi connectivity index (χ4v) is 5.90. The normalized spacial score (nSPS) is 10.6. The molecule has 4 aromatic rings. The van der Waals surface area contributed by atoms with Crippen molar-refractivity contribution < 1.29 is 14.3 Å². The number of amides is 1. The summed E-state index contributed by atoms with van der Waals surface area (Å²) in [5, 5.41) is 22.1. The Morgan fingerprint density at radius 1 is 1.19 bits per heavy atom. The van der Waals surface area contributed by atoms with Crippen LogP contribution in [0.25, 0.3) is 17.1 Å². The van der Waals surface area contributed by atoms with Crippen LogP contribution in [0.15, 0.2) is 64.2 Å². The van der Waals surface area contributed by atoms with E-state index in [-0.39, 0.29) is 24.5 Å². The Bertz CT molecular complexity index is 1480. The van der Waals surface area contributed by atoms with Crippen LogP contribution in [-0.2, 0) is 9.53 Å². The smallest absolute Gasteiger partial charge is 0.348 e. The largest absolute Gasteiger partial charge is 0.462 e. The van der Waals surface area contributed by atoms with Gasteiger partial charge in [-0.15, -0.1) is 21.5 Å². The van der Waals surface area contributed by atoms with Gasteiger partial charge < -0.3 is 10.1 Å². The second kappa shape index (κ2) is 12.2. The fourth-order valence-electron chi connectivity index (χ4n) is 3.54. The predicted octanol–water partition coefficient (Wildman–Crippen LogP) is 6.24. The van der Waals surface area contributed by atoms with E-state index in [1.807, 2.05) is 59.2 Å². The Balaban J connectivity index is 1.49. The third-order valence-corrected chi connectivity index (χ3v) is 7.87. The molecule has 0 spiro atoms. The summed E-state index contributed by atoms with van der Waals surface area (Å²) in [4.78, 5) is 25.2. The van der Waals surface area contributed by atoms with Crippen molar-refractivity contribution in [3.63, 3.8) is 0 Å². The number of esters is 1. The highest BCUT2D eigenvalue weighted by Crippen LogP contribution is 2.34. The molecular formula is C26H22BrN5O3S2. The number of nitrogens with one attached hydrogen (secondary N) is 1. The number of ether oxygens (including phenoxy) is 1. The van der Waals surface area contributed by atoms with Gasteiger partial charge in [-0.05, 0) is 43.7 Å². The standard InChI is InChI=1S/C26H22BrN5O3S2/c1-3-35-25(34)22-16(2)20(15-28)24(37-22)29-21(33)12-13-36-26-31-30-23(17-8-7-9-18(27)14-17)32(26)19-10-5-4-6-11-19/h4-11,14H,3,12-13H2,1-2H3,(H,29,33). The molecular weight excluding hydrogens is 574 g/mol. The summed E-state index contributed by atoms with van der Waals surface area (Å²) in [6, 6.07) is 19.7. The zero-order valence-electron chi connectivity index (χ0n) is 20.0. The fraction of sp³-hybridized carbons (Fsp3) is 0.192. The number of rotatable bonds is 9. The molecule has 1 amide bonds. The van der Waals surface area contributed by atoms with Crippen LogP contribution < -0.4 is 5.32 Å². The van der Waals surface area contributed by atoms with E-state index in [2.05, 4.69) is 37.5 Å². The van der Waals surface area contributed by atoms with Gasteiger partial charge in [-0.25, -0.2) is 4.79 Å². The average Bonchev–Trinajstić information content (AvgIpc) is 3.45. The van der Waals surface area contributed by atoms with Crippen LogP contribution in [0.2, 0.25) is 0 Å². The van der Waals surface area contributed by atoms with Gasteiger partial charge in [0.15, 0.2) is 11.0 Å². The quantitative estimate of drug-likeness (QED) is 0.180. The number of thiophene rings is 1. The Labute approximate surface area is 230 Å². The van der Waals surface area contributed by atoms with E-state index >= 15 is 0 Å². The van der Waals surface area contributed by atoms with Crippen molar-refractivity contribution in [3.05, 3.63) is 75.1 Å². The maximum absolute atomic E-state index is 12.7. The monoisotopic (exact) mass is 595 g/mol. The minimum absolute atomic E-state index is 0.176. The van der Waals surface area contributed by atoms with Crippen LogP contribution in [0.1, 0.15) is 34.1 Å². The van der Waals surface area contributed by atoms with E-state index in [0.29, 0.717) is 32.2 Å². The number of aromatic nitrogens is 3. The molecule has 0 aliphatic heterocycles. The van der Waals surface area contributed by atoms with E-state index in [9.17, 15) is 14.9 Å². The molecule has 8 nitrogen and oxygen atoms in total. The Morgan fingerprint density at radius 3 is 2.68 bits per heavy atom. The SMILES string of the molecule is CCOC(=O)c1sc(NC(=O)CCSc2nnc(-c3cccc(Br)c3)n2-c2ccccc2)c(C#N)c1C. The molecule has 1 N–H and O–H groups in total. The lowest BCUT2D eigenvalue weighted by molar-refractivity contribution is -0.115. The van der Waals surface area contributed by atoms with Crippen LogP contribution >= 0.6 is 39.0 Å². The van der Waals surface area contributed by atoms with Crippen molar-refractivity contribution in [3.8, 4) is 23.1 Å². The van der Waals surface area contributed by atoms with Crippen molar-refractivity contribution >= 4 is 55.9 Å². The Kier molecular flexibility index (Phi) is 8.76. The van der Waals surface area contributed by atoms with Crippen molar-refractivity contribution in [2.24, 2.45) is 0 Å². The maximum atomic E-state index is 12.7. The predicted molar refractivity (Wildman–Crippen MR) is 148 cm³/mol. The number of para-hydroxylation sites is 1. The van der Waals surface area contributed by atoms with Gasteiger partial charge >= 0.3 is 5.97 Å². The number of halogens is 1. The molecule has 0 radical (unpaired) electrons. The second-order valence-electron chi connectivity index (χ2n) is 7.73. The summed E-state index contributed by atoms with van der Waals surface area (Å²) in [7, 11) is 0. The Morgan fingerprint density at radius 2 is 1.97 bits per heavy atom. The number of benzene rings is 2. The molecule has 4 rings (SSSR count). The van der Waals surface area contributed by atoms with Crippen molar-refractivity contribution in [1.82, 2.24) is 14.8 Å². The van der Waals surface area contributed by atoms with Crippen molar-refractivity contribution in [1.29, 1.82) is 5.26 Å². The number of nitriles is 1. The maximum Gasteiger partial charge on any atom is 0.348 e. The number of carbonyl (C=O) groups is 2. The first-order valence-electron chi connectivity index (χ1n) is 11.3. The van der Waals surface area contributed by atoms with Gasteiger partial charge in [0.25, 0.3) is 0 Å². The van der Waals surface area contributed by atoms with Gasteiger partial charge in [-0.3, -0.25) is 9.36 Å². The number of thioether (sulfide) groups is 1. The molecule has 2 aromatic carbocycles. The van der Waals surface area contributed by atoms with Crippen LogP contribution in [0.5, 0.6) is 0 Å². The summed E-state index contributed by atoms with van der Waals surface area (Å²) >= 11 is 5.98. The highest BCUT2D eigenvalue weighted by atomic mass is 79.9. The number of hydrogen-bond donors (Lipinski definition) is 1. The van der Waals surface area contributed by atoms with E-state index in [1.54, 1.807) is 13.8 Å². The number of carbonyl (C=O) groups excluding carboxylic acids is 2. The highest BCUT2D eigenvalue weighted by Gasteiger charge is 2.22. The first kappa shape index (κ1) is 26.6.